The lowest BCUT2D eigenvalue weighted by molar-refractivity contribution is 0.324. The van der Waals surface area contributed by atoms with Gasteiger partial charge in [-0.05, 0) is 24.4 Å². The van der Waals surface area contributed by atoms with Crippen molar-refractivity contribution in [2.24, 2.45) is 4.99 Å². The fourth-order valence-electron chi connectivity index (χ4n) is 1.70. The summed E-state index contributed by atoms with van der Waals surface area (Å²) in [5, 5.41) is 1.27. The van der Waals surface area contributed by atoms with Crippen molar-refractivity contribution in [2.45, 2.75) is 13.0 Å². The maximum absolute atomic E-state index is 5.54. The van der Waals surface area contributed by atoms with Crippen LogP contribution in [-0.4, -0.2) is 18.5 Å². The molecule has 3 heteroatoms. The summed E-state index contributed by atoms with van der Waals surface area (Å²) in [5.41, 5.74) is 0. The Labute approximate surface area is 92.2 Å². The summed E-state index contributed by atoms with van der Waals surface area (Å²) in [6.07, 6.45) is 0. The first-order chi connectivity index (χ1) is 7.33. The Morgan fingerprint density at radius 3 is 3.00 bits per heavy atom. The maximum atomic E-state index is 5.54. The van der Waals surface area contributed by atoms with E-state index in [4.69, 9.17) is 4.74 Å². The lowest BCUT2D eigenvalue weighted by atomic mass is 10.2. The highest BCUT2D eigenvalue weighted by molar-refractivity contribution is 7.20. The molecule has 1 aromatic carbocycles. The molecule has 2 aromatic rings. The molecule has 1 aromatic heterocycles. The third kappa shape index (κ3) is 1.53. The molecule has 2 heterocycles. The van der Waals surface area contributed by atoms with Crippen LogP contribution in [0.5, 0.6) is 0 Å². The van der Waals surface area contributed by atoms with Crippen molar-refractivity contribution in [3.8, 4) is 0 Å². The number of hydrogen-bond acceptors (Lipinski definition) is 3. The fraction of sp³-hybridized carbons (Fsp3) is 0.250. The van der Waals surface area contributed by atoms with Gasteiger partial charge in [-0.25, -0.2) is 4.99 Å². The van der Waals surface area contributed by atoms with E-state index in [0.29, 0.717) is 12.6 Å². The van der Waals surface area contributed by atoms with E-state index in [1.165, 1.54) is 10.1 Å². The molecule has 1 aliphatic rings. The Hall–Kier alpha value is -1.35. The number of aliphatic imine (C=N–C) groups is 1. The molecule has 15 heavy (non-hydrogen) atoms. The molecule has 0 saturated carbocycles. The summed E-state index contributed by atoms with van der Waals surface area (Å²) < 4.78 is 6.83. The molecule has 0 bridgehead atoms. The molecule has 3 rings (SSSR count). The number of fused-ring (bicyclic) bond motifs is 1. The Morgan fingerprint density at radius 1 is 1.40 bits per heavy atom. The van der Waals surface area contributed by atoms with Crippen molar-refractivity contribution in [2.75, 3.05) is 6.61 Å². The first kappa shape index (κ1) is 8.92. The van der Waals surface area contributed by atoms with Crippen LogP contribution in [0.4, 0.5) is 0 Å². The zero-order chi connectivity index (χ0) is 10.3. The van der Waals surface area contributed by atoms with E-state index in [1.54, 1.807) is 11.3 Å². The lowest BCUT2D eigenvalue weighted by Crippen LogP contribution is -1.99. The van der Waals surface area contributed by atoms with Crippen molar-refractivity contribution in [3.63, 3.8) is 0 Å². The van der Waals surface area contributed by atoms with Gasteiger partial charge < -0.3 is 4.74 Å². The van der Waals surface area contributed by atoms with Crippen LogP contribution in [0.2, 0.25) is 0 Å². The first-order valence-corrected chi connectivity index (χ1v) is 5.84. The SMILES string of the molecule is C[C@@H]1COC(c2cc3ccccc3s2)=N1. The van der Waals surface area contributed by atoms with Crippen molar-refractivity contribution in [1.29, 1.82) is 0 Å². The van der Waals surface area contributed by atoms with Gasteiger partial charge in [0.2, 0.25) is 5.90 Å². The Bertz CT molecular complexity index is 496. The monoisotopic (exact) mass is 217 g/mol. The molecule has 0 unspecified atom stereocenters. The van der Waals surface area contributed by atoms with E-state index >= 15 is 0 Å². The number of thiophene rings is 1. The topological polar surface area (TPSA) is 21.6 Å². The van der Waals surface area contributed by atoms with Gasteiger partial charge in [0.25, 0.3) is 0 Å². The van der Waals surface area contributed by atoms with Gasteiger partial charge in [0.05, 0.1) is 10.9 Å². The number of benzene rings is 1. The zero-order valence-electron chi connectivity index (χ0n) is 8.43. The number of nitrogens with zero attached hydrogens (tertiary/aromatic N) is 1. The minimum Gasteiger partial charge on any atom is -0.475 e. The van der Waals surface area contributed by atoms with E-state index in [0.717, 1.165) is 10.8 Å². The highest BCUT2D eigenvalue weighted by atomic mass is 32.1. The second-order valence-electron chi connectivity index (χ2n) is 3.74. The van der Waals surface area contributed by atoms with Crippen LogP contribution >= 0.6 is 11.3 Å². The van der Waals surface area contributed by atoms with Gasteiger partial charge in [0.15, 0.2) is 0 Å². The Balaban J connectivity index is 2.09. The number of hydrogen-bond donors (Lipinski definition) is 0. The van der Waals surface area contributed by atoms with Crippen LogP contribution in [-0.2, 0) is 4.74 Å². The molecule has 1 aliphatic heterocycles. The molecule has 76 valence electrons. The largest absolute Gasteiger partial charge is 0.475 e. The lowest BCUT2D eigenvalue weighted by Gasteiger charge is -1.95. The molecule has 0 N–H and O–H groups in total. The van der Waals surface area contributed by atoms with Crippen molar-refractivity contribution in [3.05, 3.63) is 35.2 Å². The maximum Gasteiger partial charge on any atom is 0.226 e. The second kappa shape index (κ2) is 3.35. The van der Waals surface area contributed by atoms with Gasteiger partial charge in [-0.15, -0.1) is 11.3 Å². The third-order valence-corrected chi connectivity index (χ3v) is 3.54. The van der Waals surface area contributed by atoms with E-state index in [1.807, 2.05) is 0 Å². The summed E-state index contributed by atoms with van der Waals surface area (Å²) in [4.78, 5) is 5.60. The third-order valence-electron chi connectivity index (χ3n) is 2.44. The van der Waals surface area contributed by atoms with Crippen LogP contribution in [0.15, 0.2) is 35.3 Å². The summed E-state index contributed by atoms with van der Waals surface area (Å²) in [7, 11) is 0. The molecule has 2 nitrogen and oxygen atoms in total. The zero-order valence-corrected chi connectivity index (χ0v) is 9.25. The molecular weight excluding hydrogens is 206 g/mol. The van der Waals surface area contributed by atoms with Gasteiger partial charge in [-0.3, -0.25) is 0 Å². The van der Waals surface area contributed by atoms with E-state index < -0.39 is 0 Å². The highest BCUT2D eigenvalue weighted by Crippen LogP contribution is 2.27. The van der Waals surface area contributed by atoms with E-state index in [9.17, 15) is 0 Å². The fourth-order valence-corrected chi connectivity index (χ4v) is 2.71. The number of ether oxygens (including phenoxy) is 1. The number of rotatable bonds is 1. The molecule has 0 aliphatic carbocycles. The van der Waals surface area contributed by atoms with Gasteiger partial charge >= 0.3 is 0 Å². The molecule has 1 atom stereocenters. The van der Waals surface area contributed by atoms with Crippen LogP contribution in [0.3, 0.4) is 0 Å². The Kier molecular flexibility index (Phi) is 1.99. The summed E-state index contributed by atoms with van der Waals surface area (Å²) in [6, 6.07) is 10.8. The predicted octanol–water partition coefficient (Wildman–Crippen LogP) is 3.07. The van der Waals surface area contributed by atoms with Gasteiger partial charge in [-0.2, -0.15) is 0 Å². The molecule has 0 radical (unpaired) electrons. The summed E-state index contributed by atoms with van der Waals surface area (Å²) in [5.74, 6) is 0.809. The smallest absolute Gasteiger partial charge is 0.226 e. The normalized spacial score (nSPS) is 20.3. The highest BCUT2D eigenvalue weighted by Gasteiger charge is 2.17. The molecule has 0 fully saturated rings. The van der Waals surface area contributed by atoms with Crippen molar-refractivity contribution < 1.29 is 4.74 Å². The molecular formula is C12H11NOS. The van der Waals surface area contributed by atoms with Crippen LogP contribution in [0.25, 0.3) is 10.1 Å². The predicted molar refractivity (Wildman–Crippen MR) is 63.8 cm³/mol. The molecule has 0 saturated heterocycles. The minimum absolute atomic E-state index is 0.296. The molecule has 0 spiro atoms. The van der Waals surface area contributed by atoms with Crippen LogP contribution < -0.4 is 0 Å². The van der Waals surface area contributed by atoms with Gasteiger partial charge in [0, 0.05) is 4.70 Å². The van der Waals surface area contributed by atoms with Crippen molar-refractivity contribution >= 4 is 27.3 Å². The summed E-state index contributed by atoms with van der Waals surface area (Å²) >= 11 is 1.74. The quantitative estimate of drug-likeness (QED) is 0.719. The first-order valence-electron chi connectivity index (χ1n) is 5.02. The average Bonchev–Trinajstić information content (AvgIpc) is 2.82. The van der Waals surface area contributed by atoms with Crippen molar-refractivity contribution in [1.82, 2.24) is 0 Å². The van der Waals surface area contributed by atoms with Gasteiger partial charge in [-0.1, -0.05) is 18.2 Å². The van der Waals surface area contributed by atoms with Gasteiger partial charge in [0.1, 0.15) is 6.61 Å². The van der Waals surface area contributed by atoms with E-state index in [-0.39, 0.29) is 0 Å². The average molecular weight is 217 g/mol. The minimum atomic E-state index is 0.296. The van der Waals surface area contributed by atoms with Crippen LogP contribution in [0.1, 0.15) is 11.8 Å². The second-order valence-corrected chi connectivity index (χ2v) is 4.83. The Morgan fingerprint density at radius 2 is 2.27 bits per heavy atom. The summed E-state index contributed by atoms with van der Waals surface area (Å²) in [6.45, 7) is 2.78. The molecule has 0 amide bonds. The van der Waals surface area contributed by atoms with Crippen LogP contribution in [0, 0.1) is 0 Å². The van der Waals surface area contributed by atoms with E-state index in [2.05, 4.69) is 42.2 Å². The standard InChI is InChI=1S/C12H11NOS/c1-8-7-14-12(13-8)11-6-9-4-2-3-5-10(9)15-11/h2-6,8H,7H2,1H3/t8-/m1/s1.